The van der Waals surface area contributed by atoms with Crippen molar-refractivity contribution in [2.24, 2.45) is 0 Å². The molecule has 3 aromatic rings. The van der Waals surface area contributed by atoms with Crippen LogP contribution in [-0.4, -0.2) is 21.6 Å². The number of anilines is 2. The van der Waals surface area contributed by atoms with E-state index in [1.165, 1.54) is 16.9 Å². The van der Waals surface area contributed by atoms with Gasteiger partial charge in [0.05, 0.1) is 12.7 Å². The Morgan fingerprint density at radius 2 is 1.83 bits per heavy atom. The van der Waals surface area contributed by atoms with Crippen LogP contribution in [0.5, 0.6) is 0 Å². The van der Waals surface area contributed by atoms with Gasteiger partial charge in [-0.1, -0.05) is 29.3 Å². The second kappa shape index (κ2) is 6.30. The van der Waals surface area contributed by atoms with Crippen molar-refractivity contribution < 1.29 is 14.0 Å². The third kappa shape index (κ3) is 2.65. The van der Waals surface area contributed by atoms with Gasteiger partial charge in [-0.2, -0.15) is 5.10 Å². The summed E-state index contributed by atoms with van der Waals surface area (Å²) in [6, 6.07) is 9.44. The minimum Gasteiger partial charge on any atom is -0.325 e. The first-order valence-corrected chi connectivity index (χ1v) is 9.55. The number of nitrogens with zero attached hydrogens (tertiary/aromatic N) is 2. The van der Waals surface area contributed by atoms with Gasteiger partial charge < -0.3 is 10.6 Å². The molecule has 1 atom stereocenters. The highest BCUT2D eigenvalue weighted by Gasteiger charge is 2.54. The first kappa shape index (κ1) is 18.1. The van der Waals surface area contributed by atoms with Crippen molar-refractivity contribution in [2.45, 2.75) is 18.4 Å². The molecule has 1 aromatic heterocycles. The van der Waals surface area contributed by atoms with Crippen molar-refractivity contribution >= 4 is 46.5 Å². The van der Waals surface area contributed by atoms with Gasteiger partial charge >= 0.3 is 0 Å². The molecule has 0 saturated carbocycles. The number of carbonyl (C=O) groups excluding carboxylic acids is 2. The maximum Gasteiger partial charge on any atom is 0.240 e. The van der Waals surface area contributed by atoms with E-state index in [9.17, 15) is 14.0 Å². The fraction of sp³-hybridized carbons (Fsp3) is 0.150. The molecule has 146 valence electrons. The summed E-state index contributed by atoms with van der Waals surface area (Å²) in [6.07, 6.45) is 1.47. The molecule has 2 aliphatic heterocycles. The predicted molar refractivity (Wildman–Crippen MR) is 107 cm³/mol. The molecule has 2 aromatic carbocycles. The lowest BCUT2D eigenvalue weighted by Gasteiger charge is -2.31. The van der Waals surface area contributed by atoms with Gasteiger partial charge in [-0.15, -0.1) is 0 Å². The Bertz CT molecular complexity index is 1210. The van der Waals surface area contributed by atoms with E-state index in [1.54, 1.807) is 30.3 Å². The van der Waals surface area contributed by atoms with Crippen LogP contribution < -0.4 is 10.6 Å². The Kier molecular flexibility index (Phi) is 3.94. The Morgan fingerprint density at radius 1 is 1.07 bits per heavy atom. The van der Waals surface area contributed by atoms with Crippen LogP contribution in [-0.2, 0) is 21.5 Å². The van der Waals surface area contributed by atoms with Crippen LogP contribution in [0.25, 0.3) is 0 Å². The van der Waals surface area contributed by atoms with Crippen molar-refractivity contribution in [2.75, 3.05) is 10.6 Å². The number of nitrogens with one attached hydrogen (secondary N) is 2. The minimum atomic E-state index is -1.23. The number of benzene rings is 2. The molecule has 3 heterocycles. The molecule has 0 unspecified atom stereocenters. The smallest absolute Gasteiger partial charge is 0.240 e. The normalized spacial score (nSPS) is 19.7. The van der Waals surface area contributed by atoms with Crippen molar-refractivity contribution in [3.63, 3.8) is 0 Å². The number of hydrogen-bond donors (Lipinski definition) is 2. The van der Waals surface area contributed by atoms with Gasteiger partial charge in [-0.25, -0.2) is 9.07 Å². The van der Waals surface area contributed by atoms with E-state index >= 15 is 0 Å². The average molecular weight is 431 g/mol. The van der Waals surface area contributed by atoms with Gasteiger partial charge in [-0.3, -0.25) is 9.59 Å². The Balaban J connectivity index is 1.65. The quantitative estimate of drug-likeness (QED) is 0.645. The average Bonchev–Trinajstić information content (AvgIpc) is 3.18. The van der Waals surface area contributed by atoms with E-state index in [1.807, 2.05) is 0 Å². The van der Waals surface area contributed by atoms with Gasteiger partial charge in [0, 0.05) is 33.3 Å². The van der Waals surface area contributed by atoms with E-state index in [4.69, 9.17) is 23.2 Å². The van der Waals surface area contributed by atoms with Crippen LogP contribution in [0.1, 0.15) is 23.1 Å². The van der Waals surface area contributed by atoms with Crippen LogP contribution >= 0.6 is 23.2 Å². The molecule has 2 N–H and O–H groups in total. The van der Waals surface area contributed by atoms with Crippen LogP contribution in [0.2, 0.25) is 10.0 Å². The molecule has 0 bridgehead atoms. The molecular formula is C20H13Cl2FN4O2. The van der Waals surface area contributed by atoms with E-state index in [0.717, 1.165) is 0 Å². The van der Waals surface area contributed by atoms with E-state index in [2.05, 4.69) is 15.7 Å². The fourth-order valence-corrected chi connectivity index (χ4v) is 4.38. The fourth-order valence-electron chi connectivity index (χ4n) is 4.05. The molecule has 9 heteroatoms. The number of carbonyl (C=O) groups is 2. The zero-order valence-corrected chi connectivity index (χ0v) is 16.3. The monoisotopic (exact) mass is 430 g/mol. The Labute approximate surface area is 174 Å². The van der Waals surface area contributed by atoms with Crippen LogP contribution in [0, 0.1) is 5.82 Å². The molecule has 0 fully saturated rings. The summed E-state index contributed by atoms with van der Waals surface area (Å²) in [5.74, 6) is -0.769. The lowest BCUT2D eigenvalue weighted by molar-refractivity contribution is -0.125. The van der Waals surface area contributed by atoms with Crippen molar-refractivity contribution in [1.82, 2.24) is 9.78 Å². The zero-order valence-electron chi connectivity index (χ0n) is 14.8. The van der Waals surface area contributed by atoms with Gasteiger partial charge in [-0.05, 0) is 35.9 Å². The Hall–Kier alpha value is -2.90. The third-order valence-corrected chi connectivity index (χ3v) is 5.87. The van der Waals surface area contributed by atoms with Gasteiger partial charge in [0.2, 0.25) is 11.8 Å². The van der Waals surface area contributed by atoms with Crippen LogP contribution in [0.15, 0.2) is 42.6 Å². The number of rotatable bonds is 2. The largest absolute Gasteiger partial charge is 0.325 e. The summed E-state index contributed by atoms with van der Waals surface area (Å²) in [6.45, 7) is 0.0682. The lowest BCUT2D eigenvalue weighted by Crippen LogP contribution is -2.43. The zero-order chi connectivity index (χ0) is 20.3. The number of aromatic nitrogens is 2. The van der Waals surface area contributed by atoms with Crippen LogP contribution in [0.4, 0.5) is 15.9 Å². The third-order valence-electron chi connectivity index (χ3n) is 5.40. The van der Waals surface area contributed by atoms with Crippen molar-refractivity contribution in [3.8, 4) is 0 Å². The van der Waals surface area contributed by atoms with Crippen molar-refractivity contribution in [3.05, 3.63) is 75.1 Å². The molecule has 2 aliphatic rings. The standard InChI is InChI=1S/C20H13Cl2FN4O2/c21-11-3-4-16-13(5-11)20(19(29)25-16)7-17(28)26-18-14(20)8-24-27(18)9-10-1-2-12(22)6-15(10)23/h1-6,8H,7,9H2,(H,25,29)(H,26,28)/t20-/m1/s1. The van der Waals surface area contributed by atoms with E-state index in [0.29, 0.717) is 33.2 Å². The molecule has 0 aliphatic carbocycles. The summed E-state index contributed by atoms with van der Waals surface area (Å²) in [5.41, 5.74) is 0.910. The molecule has 5 rings (SSSR count). The summed E-state index contributed by atoms with van der Waals surface area (Å²) in [7, 11) is 0. The van der Waals surface area contributed by atoms with E-state index in [-0.39, 0.29) is 29.8 Å². The number of halogens is 3. The maximum atomic E-state index is 14.3. The predicted octanol–water partition coefficient (Wildman–Crippen LogP) is 3.96. The SMILES string of the molecule is O=C1C[C@]2(C(=O)Nc3ccc(Cl)cc32)c2cnn(Cc3ccc(Cl)cc3F)c2N1. The van der Waals surface area contributed by atoms with E-state index < -0.39 is 11.2 Å². The molecule has 2 amide bonds. The van der Waals surface area contributed by atoms with Crippen molar-refractivity contribution in [1.29, 1.82) is 0 Å². The Morgan fingerprint density at radius 3 is 2.62 bits per heavy atom. The summed E-state index contributed by atoms with van der Waals surface area (Å²) in [4.78, 5) is 25.6. The maximum absolute atomic E-state index is 14.3. The summed E-state index contributed by atoms with van der Waals surface area (Å²) < 4.78 is 15.7. The summed E-state index contributed by atoms with van der Waals surface area (Å²) >= 11 is 12.0. The highest BCUT2D eigenvalue weighted by atomic mass is 35.5. The molecule has 29 heavy (non-hydrogen) atoms. The summed E-state index contributed by atoms with van der Waals surface area (Å²) in [5, 5.41) is 10.7. The number of fused-ring (bicyclic) bond motifs is 4. The molecular weight excluding hydrogens is 418 g/mol. The number of amides is 2. The minimum absolute atomic E-state index is 0.0682. The second-order valence-corrected chi connectivity index (χ2v) is 7.95. The number of hydrogen-bond acceptors (Lipinski definition) is 3. The molecule has 0 radical (unpaired) electrons. The van der Waals surface area contributed by atoms with Crippen LogP contribution in [0.3, 0.4) is 0 Å². The highest BCUT2D eigenvalue weighted by molar-refractivity contribution is 6.31. The molecule has 6 nitrogen and oxygen atoms in total. The topological polar surface area (TPSA) is 76.0 Å². The molecule has 0 saturated heterocycles. The van der Waals surface area contributed by atoms with Gasteiger partial charge in [0.25, 0.3) is 0 Å². The molecule has 1 spiro atoms. The highest BCUT2D eigenvalue weighted by Crippen LogP contribution is 2.50. The lowest BCUT2D eigenvalue weighted by atomic mass is 9.72. The first-order valence-electron chi connectivity index (χ1n) is 8.80. The van der Waals surface area contributed by atoms with Gasteiger partial charge in [0.1, 0.15) is 17.1 Å². The first-order chi connectivity index (χ1) is 13.9. The van der Waals surface area contributed by atoms with Gasteiger partial charge in [0.15, 0.2) is 0 Å². The second-order valence-electron chi connectivity index (χ2n) is 7.07.